The first kappa shape index (κ1) is 17.9. The number of carbonyl (C=O) groups excluding carboxylic acids is 1. The van der Waals surface area contributed by atoms with E-state index < -0.39 is 10.0 Å². The van der Waals surface area contributed by atoms with Crippen LogP contribution in [0.2, 0.25) is 0 Å². The fourth-order valence-corrected chi connectivity index (χ4v) is 2.95. The highest BCUT2D eigenvalue weighted by molar-refractivity contribution is 7.89. The maximum Gasteiger partial charge on any atom is 0.238 e. The molecule has 2 unspecified atom stereocenters. The summed E-state index contributed by atoms with van der Waals surface area (Å²) in [5, 5.41) is 7.85. The van der Waals surface area contributed by atoms with Crippen molar-refractivity contribution in [2.45, 2.75) is 36.7 Å². The predicted molar refractivity (Wildman–Crippen MR) is 82.2 cm³/mol. The van der Waals surface area contributed by atoms with Crippen molar-refractivity contribution in [3.63, 3.8) is 0 Å². The molecule has 0 heterocycles. The van der Waals surface area contributed by atoms with Crippen molar-refractivity contribution in [1.29, 1.82) is 0 Å². The van der Waals surface area contributed by atoms with Crippen LogP contribution in [0, 0.1) is 5.92 Å². The summed E-state index contributed by atoms with van der Waals surface area (Å²) in [6, 6.07) is 6.07. The third-order valence-corrected chi connectivity index (χ3v) is 4.55. The third-order valence-electron chi connectivity index (χ3n) is 3.62. The molecule has 0 saturated heterocycles. The molecule has 1 aromatic carbocycles. The summed E-state index contributed by atoms with van der Waals surface area (Å²) < 4.78 is 22.2. The van der Waals surface area contributed by atoms with Crippen LogP contribution < -0.4 is 16.2 Å². The number of nitrogens with one attached hydrogen (secondary N) is 1. The van der Waals surface area contributed by atoms with E-state index in [9.17, 15) is 13.2 Å². The van der Waals surface area contributed by atoms with Crippen LogP contribution in [0.3, 0.4) is 0 Å². The van der Waals surface area contributed by atoms with Gasteiger partial charge in [0.25, 0.3) is 0 Å². The molecule has 0 spiro atoms. The standard InChI is InChI=1S/C13H19N3O3S.ClH/c14-12-3-1-2-11(12)13(17)16-8-9-4-6-10(7-5-9)20(15,18)19;/h4-7,11-12H,1-3,8,14H2,(H,16,17)(H2,15,18,19);1H. The average molecular weight is 334 g/mol. The first-order valence-corrected chi connectivity index (χ1v) is 8.07. The van der Waals surface area contributed by atoms with Crippen LogP contribution in [0.15, 0.2) is 29.2 Å². The van der Waals surface area contributed by atoms with Crippen LogP contribution in [-0.2, 0) is 21.4 Å². The smallest absolute Gasteiger partial charge is 0.238 e. The molecule has 0 aliphatic heterocycles. The minimum absolute atomic E-state index is 0. The molecule has 1 aromatic rings. The highest BCUT2D eigenvalue weighted by Crippen LogP contribution is 2.24. The zero-order valence-electron chi connectivity index (χ0n) is 11.5. The number of halogens is 1. The zero-order chi connectivity index (χ0) is 14.8. The molecule has 8 heteroatoms. The van der Waals surface area contributed by atoms with Crippen molar-refractivity contribution in [2.75, 3.05) is 0 Å². The van der Waals surface area contributed by atoms with E-state index in [4.69, 9.17) is 10.9 Å². The van der Waals surface area contributed by atoms with Gasteiger partial charge in [0.1, 0.15) is 0 Å². The summed E-state index contributed by atoms with van der Waals surface area (Å²) in [7, 11) is -3.68. The summed E-state index contributed by atoms with van der Waals surface area (Å²) in [6.07, 6.45) is 2.71. The SMILES string of the molecule is Cl.NC1CCCC1C(=O)NCc1ccc(S(N)(=O)=O)cc1. The molecular weight excluding hydrogens is 314 g/mol. The van der Waals surface area contributed by atoms with E-state index >= 15 is 0 Å². The van der Waals surface area contributed by atoms with E-state index in [0.29, 0.717) is 6.54 Å². The van der Waals surface area contributed by atoms with E-state index in [0.717, 1.165) is 24.8 Å². The number of rotatable bonds is 4. The van der Waals surface area contributed by atoms with Gasteiger partial charge in [-0.25, -0.2) is 13.6 Å². The summed E-state index contributed by atoms with van der Waals surface area (Å²) in [5.74, 6) is -0.149. The van der Waals surface area contributed by atoms with Crippen LogP contribution >= 0.6 is 12.4 Å². The maximum atomic E-state index is 11.9. The van der Waals surface area contributed by atoms with Crippen LogP contribution in [0.4, 0.5) is 0 Å². The maximum absolute atomic E-state index is 11.9. The molecule has 21 heavy (non-hydrogen) atoms. The second kappa shape index (κ2) is 7.22. The van der Waals surface area contributed by atoms with Gasteiger partial charge in [0.15, 0.2) is 0 Å². The Bertz CT molecular complexity index is 589. The molecule has 0 aromatic heterocycles. The quantitative estimate of drug-likeness (QED) is 0.744. The number of sulfonamides is 1. The Balaban J connectivity index is 0.00000220. The topological polar surface area (TPSA) is 115 Å². The number of hydrogen-bond acceptors (Lipinski definition) is 4. The van der Waals surface area contributed by atoms with Gasteiger partial charge >= 0.3 is 0 Å². The van der Waals surface area contributed by atoms with Gasteiger partial charge in [-0.05, 0) is 30.5 Å². The summed E-state index contributed by atoms with van der Waals surface area (Å²) in [4.78, 5) is 12.0. The van der Waals surface area contributed by atoms with Crippen molar-refractivity contribution in [3.8, 4) is 0 Å². The lowest BCUT2D eigenvalue weighted by Crippen LogP contribution is -2.38. The van der Waals surface area contributed by atoms with E-state index in [1.165, 1.54) is 12.1 Å². The minimum atomic E-state index is -3.68. The number of amides is 1. The lowest BCUT2D eigenvalue weighted by molar-refractivity contribution is -0.125. The zero-order valence-corrected chi connectivity index (χ0v) is 13.1. The Morgan fingerprint density at radius 2 is 1.86 bits per heavy atom. The summed E-state index contributed by atoms with van der Waals surface area (Å²) in [6.45, 7) is 0.354. The first-order chi connectivity index (χ1) is 9.38. The van der Waals surface area contributed by atoms with Crippen LogP contribution in [-0.4, -0.2) is 20.4 Å². The molecule has 2 rings (SSSR count). The van der Waals surface area contributed by atoms with E-state index in [1.807, 2.05) is 0 Å². The van der Waals surface area contributed by atoms with Gasteiger partial charge in [-0.3, -0.25) is 4.79 Å². The van der Waals surface area contributed by atoms with Gasteiger partial charge in [-0.2, -0.15) is 0 Å². The Morgan fingerprint density at radius 1 is 1.24 bits per heavy atom. The fraction of sp³-hybridized carbons (Fsp3) is 0.462. The van der Waals surface area contributed by atoms with Crippen molar-refractivity contribution >= 4 is 28.3 Å². The molecule has 5 N–H and O–H groups in total. The average Bonchev–Trinajstić information content (AvgIpc) is 2.82. The molecule has 1 aliphatic rings. The largest absolute Gasteiger partial charge is 0.352 e. The molecule has 118 valence electrons. The predicted octanol–water partition coefficient (Wildman–Crippen LogP) is 0.499. The molecule has 1 saturated carbocycles. The van der Waals surface area contributed by atoms with Gasteiger partial charge < -0.3 is 11.1 Å². The van der Waals surface area contributed by atoms with Crippen molar-refractivity contribution in [2.24, 2.45) is 16.8 Å². The highest BCUT2D eigenvalue weighted by Gasteiger charge is 2.29. The van der Waals surface area contributed by atoms with Gasteiger partial charge in [0.05, 0.1) is 10.8 Å². The molecule has 0 bridgehead atoms. The molecule has 1 fully saturated rings. The molecule has 2 atom stereocenters. The van der Waals surface area contributed by atoms with Gasteiger partial charge in [-0.1, -0.05) is 18.6 Å². The third kappa shape index (κ3) is 4.67. The van der Waals surface area contributed by atoms with Gasteiger partial charge in [-0.15, -0.1) is 12.4 Å². The normalized spacial score (nSPS) is 21.6. The highest BCUT2D eigenvalue weighted by atomic mass is 35.5. The van der Waals surface area contributed by atoms with E-state index in [-0.39, 0.29) is 35.2 Å². The van der Waals surface area contributed by atoms with Crippen LogP contribution in [0.5, 0.6) is 0 Å². The minimum Gasteiger partial charge on any atom is -0.352 e. The number of nitrogens with two attached hydrogens (primary N) is 2. The van der Waals surface area contributed by atoms with Crippen molar-refractivity contribution in [3.05, 3.63) is 29.8 Å². The summed E-state index contributed by atoms with van der Waals surface area (Å²) in [5.41, 5.74) is 6.69. The lowest BCUT2D eigenvalue weighted by atomic mass is 10.0. The number of benzene rings is 1. The van der Waals surface area contributed by atoms with E-state index in [1.54, 1.807) is 12.1 Å². The number of primary sulfonamides is 1. The van der Waals surface area contributed by atoms with Gasteiger partial charge in [0, 0.05) is 12.6 Å². The van der Waals surface area contributed by atoms with Crippen molar-refractivity contribution in [1.82, 2.24) is 5.32 Å². The molecule has 0 radical (unpaired) electrons. The second-order valence-corrected chi connectivity index (χ2v) is 6.67. The molecule has 1 amide bonds. The molecular formula is C13H20ClN3O3S. The Labute approximate surface area is 130 Å². The Morgan fingerprint density at radius 3 is 2.33 bits per heavy atom. The fourth-order valence-electron chi connectivity index (χ4n) is 2.43. The number of carbonyl (C=O) groups is 1. The first-order valence-electron chi connectivity index (χ1n) is 6.53. The van der Waals surface area contributed by atoms with E-state index in [2.05, 4.69) is 5.32 Å². The summed E-state index contributed by atoms with van der Waals surface area (Å²) >= 11 is 0. The Hall–Kier alpha value is -1.15. The molecule has 1 aliphatic carbocycles. The van der Waals surface area contributed by atoms with Crippen LogP contribution in [0.1, 0.15) is 24.8 Å². The molecule has 6 nitrogen and oxygen atoms in total. The second-order valence-electron chi connectivity index (χ2n) is 5.11. The monoisotopic (exact) mass is 333 g/mol. The van der Waals surface area contributed by atoms with Gasteiger partial charge in [0.2, 0.25) is 15.9 Å². The van der Waals surface area contributed by atoms with Crippen LogP contribution in [0.25, 0.3) is 0 Å². The lowest BCUT2D eigenvalue weighted by Gasteiger charge is -2.15. The Kier molecular flexibility index (Phi) is 6.15. The van der Waals surface area contributed by atoms with Crippen molar-refractivity contribution < 1.29 is 13.2 Å². The number of hydrogen-bond donors (Lipinski definition) is 3.